The highest BCUT2D eigenvalue weighted by Crippen LogP contribution is 2.20. The second-order valence-corrected chi connectivity index (χ2v) is 7.31. The molecule has 1 aromatic heterocycles. The maximum absolute atomic E-state index is 12.0. The van der Waals surface area contributed by atoms with Crippen LogP contribution in [0.5, 0.6) is 0 Å². The summed E-state index contributed by atoms with van der Waals surface area (Å²) in [4.78, 5) is 35.8. The third-order valence-corrected chi connectivity index (χ3v) is 3.96. The minimum absolute atomic E-state index is 0.112. The Bertz CT molecular complexity index is 764. The van der Waals surface area contributed by atoms with Crippen molar-refractivity contribution in [1.29, 1.82) is 0 Å². The fraction of sp³-hybridized carbons (Fsp3) is 0.278. The van der Waals surface area contributed by atoms with Gasteiger partial charge in [-0.05, 0) is 29.6 Å². The van der Waals surface area contributed by atoms with Crippen molar-refractivity contribution in [3.05, 3.63) is 46.7 Å². The molecular formula is C18H21N3O3S. The molecular weight excluding hydrogens is 338 g/mol. The maximum atomic E-state index is 12.0. The molecule has 6 nitrogen and oxygen atoms in total. The van der Waals surface area contributed by atoms with E-state index in [0.29, 0.717) is 16.9 Å². The molecule has 0 spiro atoms. The van der Waals surface area contributed by atoms with E-state index in [9.17, 15) is 14.4 Å². The summed E-state index contributed by atoms with van der Waals surface area (Å²) in [7, 11) is 0. The number of hydrogen-bond acceptors (Lipinski definition) is 4. The van der Waals surface area contributed by atoms with Crippen molar-refractivity contribution in [1.82, 2.24) is 5.32 Å². The Hall–Kier alpha value is -2.67. The van der Waals surface area contributed by atoms with Crippen LogP contribution in [0.15, 0.2) is 41.1 Å². The smallest absolute Gasteiger partial charge is 0.252 e. The Morgan fingerprint density at radius 2 is 1.72 bits per heavy atom. The first-order chi connectivity index (χ1) is 11.8. The highest BCUT2D eigenvalue weighted by Gasteiger charge is 2.21. The van der Waals surface area contributed by atoms with E-state index in [0.717, 1.165) is 0 Å². The van der Waals surface area contributed by atoms with Crippen molar-refractivity contribution in [2.45, 2.75) is 20.8 Å². The van der Waals surface area contributed by atoms with E-state index in [1.165, 1.54) is 11.3 Å². The zero-order valence-electron chi connectivity index (χ0n) is 14.4. The molecule has 0 unspecified atom stereocenters. The van der Waals surface area contributed by atoms with E-state index in [1.54, 1.807) is 41.1 Å². The molecule has 3 N–H and O–H groups in total. The van der Waals surface area contributed by atoms with Gasteiger partial charge in [-0.15, -0.1) is 0 Å². The van der Waals surface area contributed by atoms with Crippen molar-refractivity contribution < 1.29 is 14.4 Å². The number of carbonyl (C=O) groups excluding carboxylic acids is 3. The van der Waals surface area contributed by atoms with Crippen LogP contribution in [0.2, 0.25) is 0 Å². The lowest BCUT2D eigenvalue weighted by atomic mass is 9.95. The molecule has 0 aliphatic carbocycles. The fourth-order valence-electron chi connectivity index (χ4n) is 1.85. The number of hydrogen-bond donors (Lipinski definition) is 3. The van der Waals surface area contributed by atoms with Crippen molar-refractivity contribution in [2.75, 3.05) is 17.2 Å². The number of benzene rings is 1. The zero-order chi connectivity index (χ0) is 18.4. The molecule has 0 bridgehead atoms. The average molecular weight is 359 g/mol. The van der Waals surface area contributed by atoms with Crippen LogP contribution < -0.4 is 16.0 Å². The van der Waals surface area contributed by atoms with Gasteiger partial charge in [0.25, 0.3) is 5.91 Å². The van der Waals surface area contributed by atoms with Gasteiger partial charge in [0.1, 0.15) is 0 Å². The van der Waals surface area contributed by atoms with Crippen LogP contribution in [-0.4, -0.2) is 24.3 Å². The molecule has 2 aromatic rings. The van der Waals surface area contributed by atoms with Gasteiger partial charge < -0.3 is 16.0 Å². The Kier molecular flexibility index (Phi) is 5.93. The van der Waals surface area contributed by atoms with Gasteiger partial charge in [-0.3, -0.25) is 14.4 Å². The molecule has 25 heavy (non-hydrogen) atoms. The summed E-state index contributed by atoms with van der Waals surface area (Å²) < 4.78 is 0. The van der Waals surface area contributed by atoms with Gasteiger partial charge in [-0.1, -0.05) is 26.8 Å². The van der Waals surface area contributed by atoms with Crippen molar-refractivity contribution in [3.8, 4) is 0 Å². The van der Waals surface area contributed by atoms with Gasteiger partial charge in [-0.25, -0.2) is 0 Å². The molecule has 0 aliphatic heterocycles. The lowest BCUT2D eigenvalue weighted by molar-refractivity contribution is -0.123. The molecule has 0 fully saturated rings. The Balaban J connectivity index is 1.89. The van der Waals surface area contributed by atoms with Gasteiger partial charge in [0.2, 0.25) is 11.8 Å². The third kappa shape index (κ3) is 5.72. The molecule has 7 heteroatoms. The summed E-state index contributed by atoms with van der Waals surface area (Å²) in [6.07, 6.45) is 0. The summed E-state index contributed by atoms with van der Waals surface area (Å²) in [6, 6.07) is 8.56. The van der Waals surface area contributed by atoms with E-state index >= 15 is 0 Å². The van der Waals surface area contributed by atoms with Gasteiger partial charge in [0.15, 0.2) is 0 Å². The minimum Gasteiger partial charge on any atom is -0.343 e. The number of carbonyl (C=O) groups is 3. The highest BCUT2D eigenvalue weighted by atomic mass is 32.1. The first-order valence-corrected chi connectivity index (χ1v) is 8.72. The minimum atomic E-state index is -0.509. The monoisotopic (exact) mass is 359 g/mol. The molecule has 0 atom stereocenters. The molecule has 1 aromatic carbocycles. The summed E-state index contributed by atoms with van der Waals surface area (Å²) in [6.45, 7) is 5.34. The first kappa shape index (κ1) is 18.7. The summed E-state index contributed by atoms with van der Waals surface area (Å²) in [5.74, 6) is -0.746. The largest absolute Gasteiger partial charge is 0.343 e. The van der Waals surface area contributed by atoms with Gasteiger partial charge in [-0.2, -0.15) is 11.3 Å². The number of rotatable bonds is 5. The second-order valence-electron chi connectivity index (χ2n) is 6.53. The molecule has 1 heterocycles. The van der Waals surface area contributed by atoms with E-state index in [4.69, 9.17) is 0 Å². The maximum Gasteiger partial charge on any atom is 0.252 e. The van der Waals surface area contributed by atoms with E-state index in [-0.39, 0.29) is 24.3 Å². The molecule has 0 aliphatic rings. The fourth-order valence-corrected chi connectivity index (χ4v) is 2.49. The standard InChI is InChI=1S/C18H21N3O3S/c1-18(2,3)17(24)21-14-6-4-5-13(9-14)20-15(22)10-19-16(23)12-7-8-25-11-12/h4-9,11H,10H2,1-3H3,(H,19,23)(H,20,22)(H,21,24). The lowest BCUT2D eigenvalue weighted by Gasteiger charge is -2.18. The molecule has 0 saturated carbocycles. The normalized spacial score (nSPS) is 10.8. The van der Waals surface area contributed by atoms with E-state index < -0.39 is 5.41 Å². The predicted octanol–water partition coefficient (Wildman–Crippen LogP) is 3.10. The number of nitrogens with one attached hydrogen (secondary N) is 3. The SMILES string of the molecule is CC(C)(C)C(=O)Nc1cccc(NC(=O)CNC(=O)c2ccsc2)c1. The quantitative estimate of drug-likeness (QED) is 0.766. The van der Waals surface area contributed by atoms with Crippen LogP contribution in [0.3, 0.4) is 0 Å². The second kappa shape index (κ2) is 7.94. The van der Waals surface area contributed by atoms with Gasteiger partial charge in [0, 0.05) is 27.7 Å². The van der Waals surface area contributed by atoms with Crippen LogP contribution in [0, 0.1) is 5.41 Å². The third-order valence-electron chi connectivity index (χ3n) is 3.28. The van der Waals surface area contributed by atoms with Crippen LogP contribution in [0.4, 0.5) is 11.4 Å². The van der Waals surface area contributed by atoms with Crippen molar-refractivity contribution in [2.24, 2.45) is 5.41 Å². The molecule has 3 amide bonds. The molecule has 132 valence electrons. The Labute approximate surface area is 150 Å². The van der Waals surface area contributed by atoms with Gasteiger partial charge >= 0.3 is 0 Å². The Morgan fingerprint density at radius 3 is 2.32 bits per heavy atom. The highest BCUT2D eigenvalue weighted by molar-refractivity contribution is 7.08. The summed E-state index contributed by atoms with van der Waals surface area (Å²) in [5, 5.41) is 11.6. The van der Waals surface area contributed by atoms with Crippen LogP contribution >= 0.6 is 11.3 Å². The number of anilines is 2. The molecule has 0 saturated heterocycles. The average Bonchev–Trinajstić information content (AvgIpc) is 3.06. The van der Waals surface area contributed by atoms with Crippen molar-refractivity contribution in [3.63, 3.8) is 0 Å². The van der Waals surface area contributed by atoms with E-state index in [2.05, 4.69) is 16.0 Å². The molecule has 2 rings (SSSR count). The summed E-state index contributed by atoms with van der Waals surface area (Å²) in [5.41, 5.74) is 1.16. The van der Waals surface area contributed by atoms with Gasteiger partial charge in [0.05, 0.1) is 6.54 Å². The van der Waals surface area contributed by atoms with Crippen LogP contribution in [0.1, 0.15) is 31.1 Å². The first-order valence-electron chi connectivity index (χ1n) is 7.77. The van der Waals surface area contributed by atoms with Crippen molar-refractivity contribution >= 4 is 40.4 Å². The van der Waals surface area contributed by atoms with Crippen LogP contribution in [0.25, 0.3) is 0 Å². The number of amides is 3. The molecule has 0 radical (unpaired) electrons. The summed E-state index contributed by atoms with van der Waals surface area (Å²) >= 11 is 1.42. The lowest BCUT2D eigenvalue weighted by Crippen LogP contribution is -2.32. The van der Waals surface area contributed by atoms with Crippen LogP contribution in [-0.2, 0) is 9.59 Å². The topological polar surface area (TPSA) is 87.3 Å². The Morgan fingerprint density at radius 1 is 1.04 bits per heavy atom. The number of thiophene rings is 1. The van der Waals surface area contributed by atoms with E-state index in [1.807, 2.05) is 20.8 Å². The predicted molar refractivity (Wildman–Crippen MR) is 99.8 cm³/mol. The zero-order valence-corrected chi connectivity index (χ0v) is 15.2.